The van der Waals surface area contributed by atoms with Gasteiger partial charge >= 0.3 is 0 Å². The van der Waals surface area contributed by atoms with Gasteiger partial charge in [0.1, 0.15) is 17.3 Å². The molecule has 3 aromatic carbocycles. The number of nitrogens with zero attached hydrogens (tertiary/aromatic N) is 2. The lowest BCUT2D eigenvalue weighted by Crippen LogP contribution is -2.22. The molecule has 1 unspecified atom stereocenters. The van der Waals surface area contributed by atoms with E-state index < -0.39 is 11.6 Å². The average Bonchev–Trinajstić information content (AvgIpc) is 2.95. The molecule has 39 heavy (non-hydrogen) atoms. The second-order valence-electron chi connectivity index (χ2n) is 8.84. The highest BCUT2D eigenvalue weighted by Gasteiger charge is 2.25. The Hall–Kier alpha value is -4.80. The Labute approximate surface area is 224 Å². The van der Waals surface area contributed by atoms with Gasteiger partial charge in [0.2, 0.25) is 5.95 Å². The van der Waals surface area contributed by atoms with Crippen LogP contribution in [-0.2, 0) is 6.54 Å². The molecule has 9 nitrogen and oxygen atoms in total. The zero-order chi connectivity index (χ0) is 27.4. The van der Waals surface area contributed by atoms with Crippen molar-refractivity contribution in [3.05, 3.63) is 83.6 Å². The number of nitrogens with one attached hydrogen (secondary N) is 3. The van der Waals surface area contributed by atoms with Crippen LogP contribution in [0.2, 0.25) is 0 Å². The van der Waals surface area contributed by atoms with Crippen molar-refractivity contribution in [2.24, 2.45) is 0 Å². The van der Waals surface area contributed by atoms with Crippen LogP contribution in [-0.4, -0.2) is 30.8 Å². The quantitative estimate of drug-likeness (QED) is 0.216. The highest BCUT2D eigenvalue weighted by Crippen LogP contribution is 2.37. The summed E-state index contributed by atoms with van der Waals surface area (Å²) in [6, 6.07) is 14.3. The van der Waals surface area contributed by atoms with Gasteiger partial charge in [-0.1, -0.05) is 12.1 Å². The number of hydrogen-bond acceptors (Lipinski definition) is 9. The van der Waals surface area contributed by atoms with E-state index in [1.807, 2.05) is 12.1 Å². The Morgan fingerprint density at radius 1 is 1.05 bits per heavy atom. The number of benzene rings is 3. The van der Waals surface area contributed by atoms with Crippen LogP contribution in [0.4, 0.5) is 37.6 Å². The summed E-state index contributed by atoms with van der Waals surface area (Å²) in [7, 11) is 3.16. The third kappa shape index (κ3) is 5.71. The highest BCUT2D eigenvalue weighted by molar-refractivity contribution is 5.74. The molecule has 2 heterocycles. The Balaban J connectivity index is 1.35. The summed E-state index contributed by atoms with van der Waals surface area (Å²) in [5.74, 6) is 1.34. The second-order valence-corrected chi connectivity index (χ2v) is 8.84. The van der Waals surface area contributed by atoms with Gasteiger partial charge in [-0.05, 0) is 36.4 Å². The minimum absolute atomic E-state index is 0.225. The average molecular weight is 535 g/mol. The van der Waals surface area contributed by atoms with Gasteiger partial charge in [-0.2, -0.15) is 4.98 Å². The second kappa shape index (κ2) is 11.3. The largest absolute Gasteiger partial charge is 0.497 e. The lowest BCUT2D eigenvalue weighted by molar-refractivity contribution is 0.260. The van der Waals surface area contributed by atoms with Crippen molar-refractivity contribution >= 4 is 28.8 Å². The summed E-state index contributed by atoms with van der Waals surface area (Å²) < 4.78 is 44.6. The molecule has 4 aromatic rings. The van der Waals surface area contributed by atoms with Crippen LogP contribution in [0.1, 0.15) is 23.6 Å². The maximum absolute atomic E-state index is 14.2. The molecule has 1 aliphatic heterocycles. The third-order valence-corrected chi connectivity index (χ3v) is 6.35. The fourth-order valence-corrected chi connectivity index (χ4v) is 4.35. The standard InChI is InChI=1S/C28H28F2N6O3/c1-37-18-8-6-16(25(13-18)38-2)14-32-24-12-17(29)7-9-23(24)35-28-33-15-21(31)27(36-28)34-22-10-11-39-26-19(22)4-3-5-20(26)30/h3-9,12-13,15,22,32H,10-11,14,31H2,1-2H3,(H2,33,34,35,36). The van der Waals surface area contributed by atoms with Gasteiger partial charge in [-0.15, -0.1) is 0 Å². The maximum atomic E-state index is 14.2. The molecule has 5 rings (SSSR count). The van der Waals surface area contributed by atoms with Crippen molar-refractivity contribution in [3.63, 3.8) is 0 Å². The predicted octanol–water partition coefficient (Wildman–Crippen LogP) is 5.65. The number of hydrogen-bond donors (Lipinski definition) is 4. The fraction of sp³-hybridized carbons (Fsp3) is 0.214. The molecule has 0 aliphatic carbocycles. The SMILES string of the molecule is COc1ccc(CNc2cc(F)ccc2Nc2ncc(N)c(NC3CCOc4c(F)cccc43)n2)c(OC)c1. The first-order valence-corrected chi connectivity index (χ1v) is 12.3. The van der Waals surface area contributed by atoms with Gasteiger partial charge in [-0.3, -0.25) is 0 Å². The van der Waals surface area contributed by atoms with Gasteiger partial charge < -0.3 is 35.9 Å². The molecule has 1 atom stereocenters. The Kier molecular flexibility index (Phi) is 7.48. The molecule has 11 heteroatoms. The lowest BCUT2D eigenvalue weighted by Gasteiger charge is -2.27. The molecular formula is C28H28F2N6O3. The van der Waals surface area contributed by atoms with Crippen molar-refractivity contribution in [1.29, 1.82) is 0 Å². The van der Waals surface area contributed by atoms with Crippen molar-refractivity contribution in [2.75, 3.05) is 42.5 Å². The number of nitrogens with two attached hydrogens (primary N) is 1. The Bertz CT molecular complexity index is 1490. The Morgan fingerprint density at radius 2 is 1.92 bits per heavy atom. The number of ether oxygens (including phenoxy) is 3. The summed E-state index contributed by atoms with van der Waals surface area (Å²) in [5, 5.41) is 9.66. The molecule has 0 spiro atoms. The normalized spacial score (nSPS) is 14.1. The van der Waals surface area contributed by atoms with Crippen LogP contribution in [0.25, 0.3) is 0 Å². The number of fused-ring (bicyclic) bond motifs is 1. The minimum Gasteiger partial charge on any atom is -0.497 e. The molecule has 0 amide bonds. The molecule has 0 saturated carbocycles. The van der Waals surface area contributed by atoms with E-state index in [9.17, 15) is 8.78 Å². The zero-order valence-electron chi connectivity index (χ0n) is 21.4. The van der Waals surface area contributed by atoms with E-state index in [4.69, 9.17) is 19.9 Å². The topological polar surface area (TPSA) is 116 Å². The molecule has 5 N–H and O–H groups in total. The number of halogens is 2. The Morgan fingerprint density at radius 3 is 2.74 bits per heavy atom. The number of rotatable bonds is 9. The summed E-state index contributed by atoms with van der Waals surface area (Å²) in [6.45, 7) is 0.714. The van der Waals surface area contributed by atoms with Crippen molar-refractivity contribution in [2.45, 2.75) is 19.0 Å². The van der Waals surface area contributed by atoms with Crippen molar-refractivity contribution in [3.8, 4) is 17.2 Å². The minimum atomic E-state index is -0.416. The first-order valence-electron chi connectivity index (χ1n) is 12.3. The summed E-state index contributed by atoms with van der Waals surface area (Å²) >= 11 is 0. The predicted molar refractivity (Wildman–Crippen MR) is 146 cm³/mol. The van der Waals surface area contributed by atoms with Gasteiger partial charge in [0.05, 0.1) is 50.1 Å². The maximum Gasteiger partial charge on any atom is 0.229 e. The number of nitrogen functional groups attached to an aromatic ring is 1. The molecule has 1 aromatic heterocycles. The number of para-hydroxylation sites is 1. The van der Waals surface area contributed by atoms with E-state index in [-0.39, 0.29) is 17.7 Å². The van der Waals surface area contributed by atoms with E-state index >= 15 is 0 Å². The molecule has 0 bridgehead atoms. The zero-order valence-corrected chi connectivity index (χ0v) is 21.4. The number of aromatic nitrogens is 2. The highest BCUT2D eigenvalue weighted by atomic mass is 19.1. The first kappa shape index (κ1) is 25.8. The van der Waals surface area contributed by atoms with Crippen molar-refractivity contribution < 1.29 is 23.0 Å². The number of anilines is 5. The van der Waals surface area contributed by atoms with Gasteiger partial charge in [-0.25, -0.2) is 13.8 Å². The molecule has 202 valence electrons. The van der Waals surface area contributed by atoms with Crippen LogP contribution in [0.15, 0.2) is 60.8 Å². The summed E-state index contributed by atoms with van der Waals surface area (Å²) in [4.78, 5) is 8.82. The van der Waals surface area contributed by atoms with Gasteiger partial charge in [0, 0.05) is 30.2 Å². The number of methoxy groups -OCH3 is 2. The van der Waals surface area contributed by atoms with E-state index in [0.29, 0.717) is 59.5 Å². The van der Waals surface area contributed by atoms with Crippen LogP contribution in [0, 0.1) is 11.6 Å². The van der Waals surface area contributed by atoms with Crippen LogP contribution >= 0.6 is 0 Å². The van der Waals surface area contributed by atoms with Crippen LogP contribution in [0.5, 0.6) is 17.2 Å². The van der Waals surface area contributed by atoms with E-state index in [0.717, 1.165) is 5.56 Å². The van der Waals surface area contributed by atoms with Gasteiger partial charge in [0.15, 0.2) is 17.4 Å². The third-order valence-electron chi connectivity index (χ3n) is 6.35. The smallest absolute Gasteiger partial charge is 0.229 e. The first-order chi connectivity index (χ1) is 18.9. The monoisotopic (exact) mass is 534 g/mol. The van der Waals surface area contributed by atoms with E-state index in [2.05, 4.69) is 25.9 Å². The summed E-state index contributed by atoms with van der Waals surface area (Å²) in [5.41, 5.74) is 9.08. The fourth-order valence-electron chi connectivity index (χ4n) is 4.35. The molecular weight excluding hydrogens is 506 g/mol. The molecule has 1 aliphatic rings. The van der Waals surface area contributed by atoms with E-state index in [1.54, 1.807) is 38.5 Å². The van der Waals surface area contributed by atoms with Gasteiger partial charge in [0.25, 0.3) is 0 Å². The van der Waals surface area contributed by atoms with Crippen LogP contribution in [0.3, 0.4) is 0 Å². The molecule has 0 saturated heterocycles. The summed E-state index contributed by atoms with van der Waals surface area (Å²) in [6.07, 6.45) is 2.08. The van der Waals surface area contributed by atoms with Crippen LogP contribution < -0.4 is 35.9 Å². The molecule has 0 fully saturated rings. The molecule has 0 radical (unpaired) electrons. The van der Waals surface area contributed by atoms with E-state index in [1.165, 1.54) is 24.4 Å². The van der Waals surface area contributed by atoms with Crippen molar-refractivity contribution in [1.82, 2.24) is 9.97 Å². The lowest BCUT2D eigenvalue weighted by atomic mass is 10.0.